The van der Waals surface area contributed by atoms with Gasteiger partial charge in [-0.2, -0.15) is 0 Å². The third kappa shape index (κ3) is 5.99. The van der Waals surface area contributed by atoms with E-state index in [0.717, 1.165) is 12.1 Å². The molecule has 2 N–H and O–H groups in total. The van der Waals surface area contributed by atoms with Crippen molar-refractivity contribution in [2.45, 2.75) is 26.4 Å². The van der Waals surface area contributed by atoms with E-state index in [2.05, 4.69) is 10.6 Å². The number of benzene rings is 2. The Bertz CT molecular complexity index is 965. The molecule has 0 aliphatic carbocycles. The fraction of sp³-hybridized carbons (Fsp3) is 0.222. The van der Waals surface area contributed by atoms with Gasteiger partial charge in [-0.05, 0) is 39.0 Å². The molecule has 0 aromatic heterocycles. The van der Waals surface area contributed by atoms with Gasteiger partial charge in [0.2, 0.25) is 0 Å². The van der Waals surface area contributed by atoms with Crippen LogP contribution in [0.4, 0.5) is 27.5 Å². The van der Waals surface area contributed by atoms with Crippen molar-refractivity contribution in [3.8, 4) is 0 Å². The summed E-state index contributed by atoms with van der Waals surface area (Å²) >= 11 is 0. The van der Waals surface area contributed by atoms with Gasteiger partial charge >= 0.3 is 6.09 Å². The Morgan fingerprint density at radius 3 is 1.93 bits per heavy atom. The number of nitro groups is 2. The Balaban J connectivity index is 2.28. The zero-order valence-electron chi connectivity index (χ0n) is 15.8. The first-order valence-corrected chi connectivity index (χ1v) is 8.30. The third-order valence-corrected chi connectivity index (χ3v) is 3.44. The number of hydrogen-bond donors (Lipinski definition) is 2. The van der Waals surface area contributed by atoms with Crippen LogP contribution in [-0.2, 0) is 4.74 Å². The topological polar surface area (TPSA) is 154 Å². The first-order chi connectivity index (χ1) is 13.5. The van der Waals surface area contributed by atoms with Crippen LogP contribution in [0, 0.1) is 20.2 Å². The summed E-state index contributed by atoms with van der Waals surface area (Å²) in [4.78, 5) is 44.9. The highest BCUT2D eigenvalue weighted by molar-refractivity contribution is 6.07. The Morgan fingerprint density at radius 1 is 0.862 bits per heavy atom. The van der Waals surface area contributed by atoms with E-state index in [9.17, 15) is 29.8 Å². The van der Waals surface area contributed by atoms with E-state index in [0.29, 0.717) is 0 Å². The normalized spacial score (nSPS) is 10.7. The molecule has 0 aliphatic rings. The number of rotatable bonds is 5. The maximum absolute atomic E-state index is 12.4. The second-order valence-corrected chi connectivity index (χ2v) is 6.87. The molecule has 2 amide bonds. The van der Waals surface area contributed by atoms with Gasteiger partial charge in [-0.15, -0.1) is 0 Å². The Morgan fingerprint density at radius 2 is 1.41 bits per heavy atom. The van der Waals surface area contributed by atoms with Crippen LogP contribution in [0.1, 0.15) is 31.1 Å². The maximum atomic E-state index is 12.4. The van der Waals surface area contributed by atoms with E-state index < -0.39 is 27.4 Å². The highest BCUT2D eigenvalue weighted by Gasteiger charge is 2.20. The molecule has 0 radical (unpaired) electrons. The van der Waals surface area contributed by atoms with Gasteiger partial charge < -0.3 is 10.1 Å². The zero-order chi connectivity index (χ0) is 21.8. The van der Waals surface area contributed by atoms with Crippen molar-refractivity contribution in [2.24, 2.45) is 0 Å². The smallest absolute Gasteiger partial charge is 0.412 e. The number of non-ortho nitro benzene ring substituents is 2. The lowest BCUT2D eigenvalue weighted by atomic mass is 10.1. The summed E-state index contributed by atoms with van der Waals surface area (Å²) in [6.45, 7) is 4.95. The van der Waals surface area contributed by atoms with Gasteiger partial charge in [-0.1, -0.05) is 0 Å². The second kappa shape index (κ2) is 8.33. The quantitative estimate of drug-likeness (QED) is 0.563. The van der Waals surface area contributed by atoms with Crippen LogP contribution in [0.15, 0.2) is 42.5 Å². The van der Waals surface area contributed by atoms with Crippen LogP contribution in [0.25, 0.3) is 0 Å². The zero-order valence-corrected chi connectivity index (χ0v) is 15.8. The molecular formula is C18H18N4O7. The van der Waals surface area contributed by atoms with Crippen LogP contribution >= 0.6 is 0 Å². The monoisotopic (exact) mass is 402 g/mol. The summed E-state index contributed by atoms with van der Waals surface area (Å²) in [6.07, 6.45) is -0.858. The summed E-state index contributed by atoms with van der Waals surface area (Å²) in [5.74, 6) is -0.624. The number of nitrogens with one attached hydrogen (secondary N) is 2. The minimum atomic E-state index is -0.858. The van der Waals surface area contributed by atoms with E-state index in [-0.39, 0.29) is 28.3 Å². The number of nitro benzene ring substituents is 2. The molecule has 0 unspecified atom stereocenters. The van der Waals surface area contributed by atoms with Crippen molar-refractivity contribution in [3.05, 3.63) is 68.3 Å². The van der Waals surface area contributed by atoms with Crippen LogP contribution < -0.4 is 10.6 Å². The molecule has 0 spiro atoms. The molecule has 2 aromatic rings. The van der Waals surface area contributed by atoms with Crippen molar-refractivity contribution in [1.29, 1.82) is 0 Å². The molecule has 0 heterocycles. The van der Waals surface area contributed by atoms with Gasteiger partial charge in [0, 0.05) is 29.8 Å². The van der Waals surface area contributed by atoms with Gasteiger partial charge in [0.1, 0.15) is 5.60 Å². The van der Waals surface area contributed by atoms with Gasteiger partial charge in [-0.3, -0.25) is 30.3 Å². The fourth-order valence-corrected chi connectivity index (χ4v) is 2.20. The Hall–Kier alpha value is -4.02. The number of ether oxygens (including phenoxy) is 1. The largest absolute Gasteiger partial charge is 0.444 e. The number of carbonyl (C=O) groups excluding carboxylic acids is 2. The molecule has 0 saturated heterocycles. The predicted molar refractivity (Wildman–Crippen MR) is 104 cm³/mol. The number of hydrogen-bond acceptors (Lipinski definition) is 7. The molecule has 2 rings (SSSR count). The summed E-state index contributed by atoms with van der Waals surface area (Å²) in [5, 5.41) is 26.6. The summed E-state index contributed by atoms with van der Waals surface area (Å²) < 4.78 is 5.13. The average Bonchev–Trinajstić information content (AvgIpc) is 2.61. The molecule has 152 valence electrons. The van der Waals surface area contributed by atoms with Crippen molar-refractivity contribution >= 4 is 34.7 Å². The van der Waals surface area contributed by atoms with E-state index in [4.69, 9.17) is 4.74 Å². The lowest BCUT2D eigenvalue weighted by Crippen LogP contribution is -2.27. The SMILES string of the molecule is CC(C)(C)OC(=O)Nc1cc([N+](=O)[O-])ccc1NC(=O)c1ccc([N+](=O)[O-])cc1. The molecule has 11 heteroatoms. The lowest BCUT2D eigenvalue weighted by molar-refractivity contribution is -0.385. The number of nitrogens with zero attached hydrogens (tertiary/aromatic N) is 2. The van der Waals surface area contributed by atoms with Gasteiger partial charge in [-0.25, -0.2) is 4.79 Å². The molecule has 0 aliphatic heterocycles. The number of anilines is 2. The second-order valence-electron chi connectivity index (χ2n) is 6.87. The van der Waals surface area contributed by atoms with Gasteiger partial charge in [0.25, 0.3) is 17.3 Å². The third-order valence-electron chi connectivity index (χ3n) is 3.44. The van der Waals surface area contributed by atoms with Crippen molar-refractivity contribution in [3.63, 3.8) is 0 Å². The van der Waals surface area contributed by atoms with E-state index in [1.165, 1.54) is 30.3 Å². The van der Waals surface area contributed by atoms with Crippen LogP contribution in [0.5, 0.6) is 0 Å². The first kappa shape index (κ1) is 21.3. The van der Waals surface area contributed by atoms with Crippen molar-refractivity contribution < 1.29 is 24.2 Å². The molecule has 0 bridgehead atoms. The van der Waals surface area contributed by atoms with Gasteiger partial charge in [0.05, 0.1) is 21.2 Å². The molecule has 11 nitrogen and oxygen atoms in total. The summed E-state index contributed by atoms with van der Waals surface area (Å²) in [5.41, 5.74) is -1.10. The Labute approximate surface area is 165 Å². The minimum absolute atomic E-state index is 0.0382. The Kier molecular flexibility index (Phi) is 6.12. The molecular weight excluding hydrogens is 384 g/mol. The van der Waals surface area contributed by atoms with Crippen LogP contribution in [-0.4, -0.2) is 27.4 Å². The molecule has 29 heavy (non-hydrogen) atoms. The number of amides is 2. The lowest BCUT2D eigenvalue weighted by Gasteiger charge is -2.20. The minimum Gasteiger partial charge on any atom is -0.444 e. The fourth-order valence-electron chi connectivity index (χ4n) is 2.20. The van der Waals surface area contributed by atoms with E-state index >= 15 is 0 Å². The maximum Gasteiger partial charge on any atom is 0.412 e. The number of carbonyl (C=O) groups is 2. The van der Waals surface area contributed by atoms with Crippen molar-refractivity contribution in [2.75, 3.05) is 10.6 Å². The highest BCUT2D eigenvalue weighted by Crippen LogP contribution is 2.28. The first-order valence-electron chi connectivity index (χ1n) is 8.30. The molecule has 0 saturated carbocycles. The van der Waals surface area contributed by atoms with Crippen LogP contribution in [0.3, 0.4) is 0 Å². The van der Waals surface area contributed by atoms with E-state index in [1.54, 1.807) is 20.8 Å². The van der Waals surface area contributed by atoms with E-state index in [1.807, 2.05) is 0 Å². The summed E-state index contributed by atoms with van der Waals surface area (Å²) in [6, 6.07) is 8.37. The summed E-state index contributed by atoms with van der Waals surface area (Å²) in [7, 11) is 0. The highest BCUT2D eigenvalue weighted by atomic mass is 16.6. The van der Waals surface area contributed by atoms with Crippen LogP contribution in [0.2, 0.25) is 0 Å². The van der Waals surface area contributed by atoms with Gasteiger partial charge in [0.15, 0.2) is 0 Å². The molecule has 0 atom stereocenters. The standard InChI is InChI=1S/C18H18N4O7/c1-18(2,3)29-17(24)20-15-10-13(22(27)28)8-9-14(15)19-16(23)11-4-6-12(7-5-11)21(25)26/h4-10H,1-3H3,(H,19,23)(H,20,24). The average molecular weight is 402 g/mol. The predicted octanol–water partition coefficient (Wildman–Crippen LogP) is 4.10. The van der Waals surface area contributed by atoms with Crippen molar-refractivity contribution in [1.82, 2.24) is 0 Å². The molecule has 2 aromatic carbocycles. The molecule has 0 fully saturated rings.